The predicted octanol–water partition coefficient (Wildman–Crippen LogP) is -0.785. The Balaban J connectivity index is 3.17. The molecule has 0 aliphatic rings. The van der Waals surface area contributed by atoms with Crippen LogP contribution in [-0.2, 0) is 9.53 Å². The van der Waals surface area contributed by atoms with E-state index < -0.39 is 19.1 Å². The highest BCUT2D eigenvalue weighted by Gasteiger charge is 2.04. The van der Waals surface area contributed by atoms with Crippen LogP contribution in [0, 0.1) is 0 Å². The average Bonchev–Trinajstić information content (AvgIpc) is 1.83. The van der Waals surface area contributed by atoms with Gasteiger partial charge in [0, 0.05) is 0 Å². The van der Waals surface area contributed by atoms with Gasteiger partial charge in [-0.3, -0.25) is 10.2 Å². The van der Waals surface area contributed by atoms with Gasteiger partial charge in [-0.25, -0.2) is 5.84 Å². The van der Waals surface area contributed by atoms with E-state index in [0.29, 0.717) is 0 Å². The fraction of sp³-hybridized carbons (Fsp3) is 0.667. The van der Waals surface area contributed by atoms with Crippen LogP contribution in [0.25, 0.3) is 0 Å². The molecule has 0 saturated heterocycles. The van der Waals surface area contributed by atoms with E-state index in [1.165, 1.54) is 0 Å². The summed E-state index contributed by atoms with van der Waals surface area (Å²) in [5.41, 5.74) is 1.62. The van der Waals surface area contributed by atoms with Gasteiger partial charge in [0.25, 0.3) is 5.91 Å². The summed E-state index contributed by atoms with van der Waals surface area (Å²) < 4.78 is 25.7. The second kappa shape index (κ2) is 4.16. The molecule has 0 radical (unpaired) electrons. The Morgan fingerprint density at radius 2 is 2.33 bits per heavy atom. The summed E-state index contributed by atoms with van der Waals surface area (Å²) in [6.45, 7) is -3.64. The van der Waals surface area contributed by atoms with Crippen molar-refractivity contribution in [2.24, 2.45) is 5.84 Å². The molecule has 0 saturated carbocycles. The largest absolute Gasteiger partial charge is 0.345 e. The van der Waals surface area contributed by atoms with E-state index in [-0.39, 0.29) is 0 Å². The van der Waals surface area contributed by atoms with Crippen molar-refractivity contribution in [2.45, 2.75) is 6.61 Å². The predicted molar refractivity (Wildman–Crippen MR) is 24.3 cm³/mol. The third-order valence-corrected chi connectivity index (χ3v) is 0.501. The number of hydrogen-bond acceptors (Lipinski definition) is 3. The lowest BCUT2D eigenvalue weighted by molar-refractivity contribution is -0.151. The van der Waals surface area contributed by atoms with Crippen LogP contribution in [0.5, 0.6) is 0 Å². The molecule has 0 fully saturated rings. The minimum atomic E-state index is -2.93. The quantitative estimate of drug-likeness (QED) is 0.307. The van der Waals surface area contributed by atoms with Gasteiger partial charge in [-0.05, 0) is 0 Å². The zero-order chi connectivity index (χ0) is 7.28. The zero-order valence-electron chi connectivity index (χ0n) is 4.43. The topological polar surface area (TPSA) is 64.3 Å². The van der Waals surface area contributed by atoms with E-state index in [0.717, 1.165) is 0 Å². The van der Waals surface area contributed by atoms with Crippen molar-refractivity contribution < 1.29 is 18.3 Å². The molecule has 0 unspecified atom stereocenters. The molecule has 0 heterocycles. The maximum absolute atomic E-state index is 11.1. The lowest BCUT2D eigenvalue weighted by atomic mass is 10.7. The van der Waals surface area contributed by atoms with Gasteiger partial charge in [0.15, 0.2) is 0 Å². The van der Waals surface area contributed by atoms with Crippen molar-refractivity contribution in [1.29, 1.82) is 0 Å². The molecular formula is C3H6F2N2O2. The molecular weight excluding hydrogens is 134 g/mol. The monoisotopic (exact) mass is 140 g/mol. The maximum atomic E-state index is 11.1. The highest BCUT2D eigenvalue weighted by molar-refractivity contribution is 5.76. The number of nitrogens with two attached hydrogens (primary N) is 1. The summed E-state index contributed by atoms with van der Waals surface area (Å²) in [4.78, 5) is 10.0. The van der Waals surface area contributed by atoms with Gasteiger partial charge in [0.1, 0.15) is 6.61 Å². The van der Waals surface area contributed by atoms with Crippen LogP contribution in [0.1, 0.15) is 0 Å². The van der Waals surface area contributed by atoms with Crippen LogP contribution in [0.2, 0.25) is 0 Å². The van der Waals surface area contributed by atoms with Crippen LogP contribution in [-0.4, -0.2) is 19.1 Å². The van der Waals surface area contributed by atoms with Crippen LogP contribution < -0.4 is 11.3 Å². The first-order valence-electron chi connectivity index (χ1n) is 2.06. The molecule has 0 aromatic rings. The fourth-order valence-electron chi connectivity index (χ4n) is 0.180. The molecule has 0 bridgehead atoms. The third-order valence-electron chi connectivity index (χ3n) is 0.501. The maximum Gasteiger partial charge on any atom is 0.345 e. The normalized spacial score (nSPS) is 9.78. The van der Waals surface area contributed by atoms with Crippen LogP contribution >= 0.6 is 0 Å². The number of carbonyl (C=O) groups is 1. The molecule has 1 amide bonds. The molecule has 0 spiro atoms. The molecule has 6 heteroatoms. The molecule has 0 aromatic heterocycles. The van der Waals surface area contributed by atoms with Gasteiger partial charge in [0.05, 0.1) is 0 Å². The number of hydrogen-bond donors (Lipinski definition) is 2. The Labute approximate surface area is 49.9 Å². The number of alkyl halides is 2. The standard InChI is InChI=1S/C3H6F2N2O2/c4-3(5)9-1-2(8)7-6/h3H,1,6H2,(H,7,8). The van der Waals surface area contributed by atoms with E-state index in [1.807, 2.05) is 0 Å². The summed E-state index contributed by atoms with van der Waals surface area (Å²) in [5, 5.41) is 0. The van der Waals surface area contributed by atoms with Crippen molar-refractivity contribution in [3.63, 3.8) is 0 Å². The molecule has 0 rings (SSSR count). The average molecular weight is 140 g/mol. The number of hydrazine groups is 1. The Morgan fingerprint density at radius 3 is 2.67 bits per heavy atom. The minimum absolute atomic E-state index is 0.714. The second-order valence-electron chi connectivity index (χ2n) is 1.14. The highest BCUT2D eigenvalue weighted by atomic mass is 19.3. The Bertz CT molecular complexity index is 97.8. The number of ether oxygens (including phenoxy) is 1. The molecule has 54 valence electrons. The first kappa shape index (κ1) is 8.25. The molecule has 4 nitrogen and oxygen atoms in total. The van der Waals surface area contributed by atoms with Gasteiger partial charge >= 0.3 is 6.61 Å². The van der Waals surface area contributed by atoms with Gasteiger partial charge in [-0.15, -0.1) is 0 Å². The molecule has 0 aliphatic carbocycles. The number of halogens is 2. The van der Waals surface area contributed by atoms with E-state index in [1.54, 1.807) is 5.43 Å². The second-order valence-corrected chi connectivity index (χ2v) is 1.14. The Hall–Kier alpha value is -0.750. The fourth-order valence-corrected chi connectivity index (χ4v) is 0.180. The number of carbonyl (C=O) groups excluding carboxylic acids is 1. The van der Waals surface area contributed by atoms with Crippen molar-refractivity contribution in [2.75, 3.05) is 6.61 Å². The van der Waals surface area contributed by atoms with Crippen molar-refractivity contribution in [3.05, 3.63) is 0 Å². The smallest absolute Gasteiger partial charge is 0.313 e. The van der Waals surface area contributed by atoms with E-state index in [9.17, 15) is 13.6 Å². The number of rotatable bonds is 3. The van der Waals surface area contributed by atoms with Crippen LogP contribution in [0.15, 0.2) is 0 Å². The van der Waals surface area contributed by atoms with E-state index in [4.69, 9.17) is 0 Å². The minimum Gasteiger partial charge on any atom is -0.313 e. The zero-order valence-corrected chi connectivity index (χ0v) is 4.43. The summed E-state index contributed by atoms with van der Waals surface area (Å²) in [6.07, 6.45) is 0. The van der Waals surface area contributed by atoms with Gasteiger partial charge < -0.3 is 4.74 Å². The highest BCUT2D eigenvalue weighted by Crippen LogP contribution is 1.91. The van der Waals surface area contributed by atoms with Gasteiger partial charge in [-0.2, -0.15) is 8.78 Å². The third kappa shape index (κ3) is 5.12. The molecule has 0 aromatic carbocycles. The summed E-state index contributed by atoms with van der Waals surface area (Å²) in [7, 11) is 0. The Morgan fingerprint density at radius 1 is 1.78 bits per heavy atom. The first-order valence-corrected chi connectivity index (χ1v) is 2.06. The lowest BCUT2D eigenvalue weighted by Gasteiger charge is -1.98. The van der Waals surface area contributed by atoms with Crippen LogP contribution in [0.4, 0.5) is 8.78 Å². The van der Waals surface area contributed by atoms with Crippen molar-refractivity contribution >= 4 is 5.91 Å². The molecule has 0 aliphatic heterocycles. The number of nitrogens with one attached hydrogen (secondary N) is 1. The molecule has 9 heavy (non-hydrogen) atoms. The summed E-state index contributed by atoms with van der Waals surface area (Å²) in [6, 6.07) is 0. The van der Waals surface area contributed by atoms with Crippen molar-refractivity contribution in [1.82, 2.24) is 5.43 Å². The summed E-state index contributed by atoms with van der Waals surface area (Å²) in [5.74, 6) is 3.75. The lowest BCUT2D eigenvalue weighted by Crippen LogP contribution is -2.33. The molecule has 0 atom stereocenters. The van der Waals surface area contributed by atoms with E-state index in [2.05, 4.69) is 10.6 Å². The summed E-state index contributed by atoms with van der Waals surface area (Å²) >= 11 is 0. The van der Waals surface area contributed by atoms with Gasteiger partial charge in [0.2, 0.25) is 0 Å². The number of amides is 1. The first-order chi connectivity index (χ1) is 4.16. The van der Waals surface area contributed by atoms with Gasteiger partial charge in [-0.1, -0.05) is 0 Å². The van der Waals surface area contributed by atoms with Crippen molar-refractivity contribution in [3.8, 4) is 0 Å². The van der Waals surface area contributed by atoms with Crippen LogP contribution in [0.3, 0.4) is 0 Å². The molecule has 3 N–H and O–H groups in total. The SMILES string of the molecule is NNC(=O)COC(F)F. The van der Waals surface area contributed by atoms with E-state index >= 15 is 0 Å². The Kier molecular flexibility index (Phi) is 3.81.